The van der Waals surface area contributed by atoms with Gasteiger partial charge >= 0.3 is 5.97 Å². The molecule has 1 saturated heterocycles. The summed E-state index contributed by atoms with van der Waals surface area (Å²) < 4.78 is 13.5. The van der Waals surface area contributed by atoms with Crippen LogP contribution in [0.4, 0.5) is 10.1 Å². The van der Waals surface area contributed by atoms with Gasteiger partial charge in [0.25, 0.3) is 0 Å². The first-order chi connectivity index (χ1) is 10.6. The number of carboxylic acids is 1. The number of piperazine rings is 1. The monoisotopic (exact) mass is 303 g/mol. The van der Waals surface area contributed by atoms with Crippen LogP contribution >= 0.6 is 0 Å². The molecule has 1 aromatic carbocycles. The molecule has 2 heterocycles. The molecule has 1 aliphatic heterocycles. The summed E-state index contributed by atoms with van der Waals surface area (Å²) in [4.78, 5) is 19.4. The molecule has 22 heavy (non-hydrogen) atoms. The molecule has 0 spiro atoms. The van der Waals surface area contributed by atoms with Gasteiger partial charge in [0.2, 0.25) is 0 Å². The molecular formula is C16H18FN3O2. The predicted octanol–water partition coefficient (Wildman–Crippen LogP) is 1.97. The van der Waals surface area contributed by atoms with Gasteiger partial charge in [-0.15, -0.1) is 0 Å². The van der Waals surface area contributed by atoms with Crippen LogP contribution in [0.15, 0.2) is 30.5 Å². The van der Waals surface area contributed by atoms with E-state index in [9.17, 15) is 9.18 Å². The zero-order valence-electron chi connectivity index (χ0n) is 12.4. The van der Waals surface area contributed by atoms with E-state index >= 15 is 0 Å². The van der Waals surface area contributed by atoms with E-state index in [0.29, 0.717) is 26.2 Å². The highest BCUT2D eigenvalue weighted by Crippen LogP contribution is 2.27. The molecule has 0 amide bonds. The van der Waals surface area contributed by atoms with Crippen LogP contribution in [0.1, 0.15) is 6.92 Å². The molecule has 1 N–H and O–H groups in total. The fraction of sp³-hybridized carbons (Fsp3) is 0.375. The normalized spacial score (nSPS) is 17.6. The van der Waals surface area contributed by atoms with Gasteiger partial charge < -0.3 is 10.0 Å². The van der Waals surface area contributed by atoms with E-state index < -0.39 is 12.0 Å². The number of rotatable bonds is 3. The lowest BCUT2D eigenvalue weighted by molar-refractivity contribution is -0.142. The Bertz CT molecular complexity index is 699. The molecule has 0 aliphatic carbocycles. The van der Waals surface area contributed by atoms with E-state index in [0.717, 1.165) is 16.6 Å². The second-order valence-electron chi connectivity index (χ2n) is 5.53. The molecule has 0 saturated carbocycles. The summed E-state index contributed by atoms with van der Waals surface area (Å²) in [6.45, 7) is 4.48. The molecule has 5 nitrogen and oxygen atoms in total. The largest absolute Gasteiger partial charge is 0.480 e. The molecule has 3 rings (SSSR count). The number of nitrogens with zero attached hydrogens (tertiary/aromatic N) is 3. The summed E-state index contributed by atoms with van der Waals surface area (Å²) in [6.07, 6.45) is 1.72. The van der Waals surface area contributed by atoms with Crippen LogP contribution < -0.4 is 4.90 Å². The maximum absolute atomic E-state index is 13.5. The zero-order valence-corrected chi connectivity index (χ0v) is 12.4. The van der Waals surface area contributed by atoms with Crippen LogP contribution in [-0.2, 0) is 4.79 Å². The number of hydrogen-bond donors (Lipinski definition) is 1. The summed E-state index contributed by atoms with van der Waals surface area (Å²) in [5, 5.41) is 9.88. The van der Waals surface area contributed by atoms with Crippen molar-refractivity contribution in [3.63, 3.8) is 0 Å². The van der Waals surface area contributed by atoms with Crippen molar-refractivity contribution in [3.8, 4) is 0 Å². The molecular weight excluding hydrogens is 285 g/mol. The van der Waals surface area contributed by atoms with Crippen molar-refractivity contribution in [1.82, 2.24) is 9.88 Å². The van der Waals surface area contributed by atoms with E-state index in [1.165, 1.54) is 12.1 Å². The Morgan fingerprint density at radius 1 is 1.27 bits per heavy atom. The number of carbonyl (C=O) groups is 1. The number of carboxylic acid groups (broad SMARTS) is 1. The van der Waals surface area contributed by atoms with Crippen molar-refractivity contribution in [2.45, 2.75) is 13.0 Å². The molecule has 6 heteroatoms. The molecule has 116 valence electrons. The minimum Gasteiger partial charge on any atom is -0.480 e. The Balaban J connectivity index is 1.82. The Labute approximate surface area is 128 Å². The Morgan fingerprint density at radius 2 is 2.00 bits per heavy atom. The van der Waals surface area contributed by atoms with Gasteiger partial charge in [-0.2, -0.15) is 0 Å². The van der Waals surface area contributed by atoms with Gasteiger partial charge in [0.1, 0.15) is 11.9 Å². The van der Waals surface area contributed by atoms with Gasteiger partial charge in [0.05, 0.1) is 5.52 Å². The van der Waals surface area contributed by atoms with Gasteiger partial charge in [-0.25, -0.2) is 4.39 Å². The van der Waals surface area contributed by atoms with Crippen molar-refractivity contribution < 1.29 is 14.3 Å². The van der Waals surface area contributed by atoms with Crippen LogP contribution in [0, 0.1) is 5.82 Å². The number of aliphatic carboxylic acids is 1. The third-order valence-corrected chi connectivity index (χ3v) is 4.24. The number of pyridine rings is 1. The number of aromatic nitrogens is 1. The Hall–Kier alpha value is -2.21. The zero-order chi connectivity index (χ0) is 15.7. The maximum atomic E-state index is 13.5. The molecule has 1 fully saturated rings. The average Bonchev–Trinajstić information content (AvgIpc) is 2.53. The van der Waals surface area contributed by atoms with E-state index in [1.54, 1.807) is 19.2 Å². The van der Waals surface area contributed by atoms with Crippen molar-refractivity contribution in [3.05, 3.63) is 36.3 Å². The highest BCUT2D eigenvalue weighted by Gasteiger charge is 2.25. The van der Waals surface area contributed by atoms with E-state index in [-0.39, 0.29) is 5.82 Å². The molecule has 0 bridgehead atoms. The number of hydrogen-bond acceptors (Lipinski definition) is 4. The number of benzene rings is 1. The number of anilines is 1. The third-order valence-electron chi connectivity index (χ3n) is 4.24. The van der Waals surface area contributed by atoms with Crippen LogP contribution in [0.25, 0.3) is 10.9 Å². The number of fused-ring (bicyclic) bond motifs is 1. The van der Waals surface area contributed by atoms with Crippen LogP contribution in [0.3, 0.4) is 0 Å². The minimum absolute atomic E-state index is 0.278. The highest BCUT2D eigenvalue weighted by atomic mass is 19.1. The molecule has 1 aliphatic rings. The minimum atomic E-state index is -0.801. The Kier molecular flexibility index (Phi) is 3.94. The summed E-state index contributed by atoms with van der Waals surface area (Å²) in [6, 6.07) is 6.00. The van der Waals surface area contributed by atoms with Gasteiger partial charge in [-0.05, 0) is 31.2 Å². The average molecular weight is 303 g/mol. The van der Waals surface area contributed by atoms with E-state index in [1.807, 2.05) is 11.0 Å². The van der Waals surface area contributed by atoms with Crippen molar-refractivity contribution in [2.24, 2.45) is 0 Å². The first kappa shape index (κ1) is 14.7. The predicted molar refractivity (Wildman–Crippen MR) is 82.6 cm³/mol. The SMILES string of the molecule is C[C@H](C(=O)O)N1CCN(c2ccnc3ccc(F)cc23)CC1. The van der Waals surface area contributed by atoms with Crippen LogP contribution in [0.2, 0.25) is 0 Å². The van der Waals surface area contributed by atoms with Crippen molar-refractivity contribution in [1.29, 1.82) is 0 Å². The molecule has 0 unspecified atom stereocenters. The van der Waals surface area contributed by atoms with E-state index in [4.69, 9.17) is 5.11 Å². The topological polar surface area (TPSA) is 56.7 Å². The first-order valence-corrected chi connectivity index (χ1v) is 7.32. The summed E-state index contributed by atoms with van der Waals surface area (Å²) >= 11 is 0. The Morgan fingerprint density at radius 3 is 2.68 bits per heavy atom. The van der Waals surface area contributed by atoms with Gasteiger partial charge in [-0.3, -0.25) is 14.7 Å². The fourth-order valence-electron chi connectivity index (χ4n) is 2.89. The lowest BCUT2D eigenvalue weighted by Crippen LogP contribution is -2.51. The smallest absolute Gasteiger partial charge is 0.320 e. The first-order valence-electron chi connectivity index (χ1n) is 7.32. The lowest BCUT2D eigenvalue weighted by atomic mass is 10.1. The van der Waals surface area contributed by atoms with Gasteiger partial charge in [0.15, 0.2) is 0 Å². The summed E-state index contributed by atoms with van der Waals surface area (Å²) in [5.74, 6) is -1.08. The third kappa shape index (κ3) is 2.74. The summed E-state index contributed by atoms with van der Waals surface area (Å²) in [5.41, 5.74) is 1.72. The highest BCUT2D eigenvalue weighted by molar-refractivity contribution is 5.91. The summed E-state index contributed by atoms with van der Waals surface area (Å²) in [7, 11) is 0. The van der Waals surface area contributed by atoms with Crippen molar-refractivity contribution >= 4 is 22.6 Å². The second-order valence-corrected chi connectivity index (χ2v) is 5.53. The van der Waals surface area contributed by atoms with Gasteiger partial charge in [-0.1, -0.05) is 0 Å². The fourth-order valence-corrected chi connectivity index (χ4v) is 2.89. The van der Waals surface area contributed by atoms with Crippen LogP contribution in [0.5, 0.6) is 0 Å². The number of halogens is 1. The quantitative estimate of drug-likeness (QED) is 0.939. The standard InChI is InChI=1S/C16H18FN3O2/c1-11(16(21)22)19-6-8-20(9-7-19)15-4-5-18-14-3-2-12(17)10-13(14)15/h2-5,10-11H,6-9H2,1H3,(H,21,22)/t11-/m1/s1. The second kappa shape index (κ2) is 5.88. The van der Waals surface area contributed by atoms with Gasteiger partial charge in [0, 0.05) is 43.4 Å². The molecule has 1 aromatic heterocycles. The molecule has 1 atom stereocenters. The van der Waals surface area contributed by atoms with E-state index in [2.05, 4.69) is 9.88 Å². The molecule has 2 aromatic rings. The maximum Gasteiger partial charge on any atom is 0.320 e. The molecule has 0 radical (unpaired) electrons. The van der Waals surface area contributed by atoms with Crippen molar-refractivity contribution in [2.75, 3.05) is 31.1 Å². The lowest BCUT2D eigenvalue weighted by Gasteiger charge is -2.38. The van der Waals surface area contributed by atoms with Crippen LogP contribution in [-0.4, -0.2) is 53.2 Å².